The minimum atomic E-state index is -0.301. The van der Waals surface area contributed by atoms with E-state index in [1.54, 1.807) is 24.0 Å². The van der Waals surface area contributed by atoms with E-state index in [9.17, 15) is 9.59 Å². The maximum atomic E-state index is 12.0. The number of benzene rings is 1. The van der Waals surface area contributed by atoms with Crippen LogP contribution in [0.2, 0.25) is 0 Å². The largest absolute Gasteiger partial charge is 0.459 e. The van der Waals surface area contributed by atoms with Crippen LogP contribution in [0.4, 0.5) is 11.4 Å². The first-order valence-corrected chi connectivity index (χ1v) is 6.91. The third-order valence-electron chi connectivity index (χ3n) is 3.59. The average Bonchev–Trinajstić information content (AvgIpc) is 3.00. The van der Waals surface area contributed by atoms with Gasteiger partial charge >= 0.3 is 0 Å². The second kappa shape index (κ2) is 5.44. The number of fused-ring (bicyclic) bond motifs is 1. The number of nitrogens with one attached hydrogen (secondary N) is 1. The highest BCUT2D eigenvalue weighted by atomic mass is 16.3. The number of carbonyl (C=O) groups excluding carboxylic acids is 2. The Morgan fingerprint density at radius 1 is 1.29 bits per heavy atom. The highest BCUT2D eigenvalue weighted by Gasteiger charge is 2.20. The fourth-order valence-corrected chi connectivity index (χ4v) is 2.58. The summed E-state index contributed by atoms with van der Waals surface area (Å²) in [4.78, 5) is 25.4. The van der Waals surface area contributed by atoms with E-state index >= 15 is 0 Å². The van der Waals surface area contributed by atoms with Crippen LogP contribution in [0.1, 0.15) is 29.5 Å². The number of carbonyl (C=O) groups is 2. The van der Waals surface area contributed by atoms with Gasteiger partial charge in [0.05, 0.1) is 6.26 Å². The fourth-order valence-electron chi connectivity index (χ4n) is 2.58. The summed E-state index contributed by atoms with van der Waals surface area (Å²) in [6, 6.07) is 8.93. The Morgan fingerprint density at radius 2 is 2.14 bits per heavy atom. The van der Waals surface area contributed by atoms with Gasteiger partial charge in [-0.15, -0.1) is 0 Å². The molecule has 108 valence electrons. The van der Waals surface area contributed by atoms with Crippen molar-refractivity contribution in [2.45, 2.75) is 19.8 Å². The Morgan fingerprint density at radius 3 is 2.86 bits per heavy atom. The summed E-state index contributed by atoms with van der Waals surface area (Å²) in [5, 5.41) is 2.78. The number of rotatable bonds is 2. The Bertz CT molecular complexity index is 677. The summed E-state index contributed by atoms with van der Waals surface area (Å²) in [6.45, 7) is 2.28. The zero-order valence-corrected chi connectivity index (χ0v) is 11.8. The van der Waals surface area contributed by atoms with Crippen LogP contribution < -0.4 is 10.2 Å². The van der Waals surface area contributed by atoms with Crippen molar-refractivity contribution in [3.63, 3.8) is 0 Å². The Hall–Kier alpha value is -2.56. The van der Waals surface area contributed by atoms with E-state index in [4.69, 9.17) is 4.42 Å². The molecule has 2 heterocycles. The predicted molar refractivity (Wildman–Crippen MR) is 79.5 cm³/mol. The molecular weight excluding hydrogens is 268 g/mol. The van der Waals surface area contributed by atoms with E-state index in [0.29, 0.717) is 5.69 Å². The fraction of sp³-hybridized carbons (Fsp3) is 0.250. The van der Waals surface area contributed by atoms with Crippen molar-refractivity contribution in [2.24, 2.45) is 0 Å². The van der Waals surface area contributed by atoms with Crippen molar-refractivity contribution in [1.29, 1.82) is 0 Å². The minimum absolute atomic E-state index is 0.0189. The standard InChI is InChI=1S/C16H16N2O3/c1-11(19)18-8-2-4-12-6-7-13(10-14(12)18)17-16(20)15-5-3-9-21-15/h3,5-7,9-10H,2,4,8H2,1H3,(H,17,20). The number of nitrogens with zero attached hydrogens (tertiary/aromatic N) is 1. The third-order valence-corrected chi connectivity index (χ3v) is 3.59. The summed E-state index contributed by atoms with van der Waals surface area (Å²) < 4.78 is 5.06. The van der Waals surface area contributed by atoms with Gasteiger partial charge in [0.15, 0.2) is 5.76 Å². The van der Waals surface area contributed by atoms with Crippen molar-refractivity contribution in [2.75, 3.05) is 16.8 Å². The van der Waals surface area contributed by atoms with Gasteiger partial charge in [-0.1, -0.05) is 6.07 Å². The van der Waals surface area contributed by atoms with E-state index in [1.807, 2.05) is 18.2 Å². The Labute approximate surface area is 122 Å². The first-order chi connectivity index (χ1) is 10.1. The van der Waals surface area contributed by atoms with Gasteiger partial charge in [-0.25, -0.2) is 0 Å². The van der Waals surface area contributed by atoms with E-state index in [0.717, 1.165) is 30.6 Å². The molecule has 0 unspecified atom stereocenters. The molecule has 0 fully saturated rings. The Kier molecular flexibility index (Phi) is 3.48. The highest BCUT2D eigenvalue weighted by molar-refractivity contribution is 6.03. The lowest BCUT2D eigenvalue weighted by Gasteiger charge is -2.29. The first kappa shape index (κ1) is 13.4. The third kappa shape index (κ3) is 2.67. The molecule has 0 bridgehead atoms. The number of amides is 2. The predicted octanol–water partition coefficient (Wildman–Crippen LogP) is 2.83. The molecule has 3 rings (SSSR count). The normalized spacial score (nSPS) is 13.7. The monoisotopic (exact) mass is 284 g/mol. The van der Waals surface area contributed by atoms with Crippen LogP contribution in [0.25, 0.3) is 0 Å². The van der Waals surface area contributed by atoms with Crippen LogP contribution >= 0.6 is 0 Å². The van der Waals surface area contributed by atoms with Gasteiger partial charge in [-0.05, 0) is 42.7 Å². The SMILES string of the molecule is CC(=O)N1CCCc2ccc(NC(=O)c3ccco3)cc21. The molecule has 1 N–H and O–H groups in total. The number of anilines is 2. The summed E-state index contributed by atoms with van der Waals surface area (Å²) >= 11 is 0. The van der Waals surface area contributed by atoms with Gasteiger partial charge in [0.2, 0.25) is 5.91 Å². The van der Waals surface area contributed by atoms with E-state index in [-0.39, 0.29) is 17.6 Å². The zero-order valence-electron chi connectivity index (χ0n) is 11.8. The molecular formula is C16H16N2O3. The van der Waals surface area contributed by atoms with Gasteiger partial charge in [0, 0.05) is 24.8 Å². The molecule has 5 nitrogen and oxygen atoms in total. The van der Waals surface area contributed by atoms with Gasteiger partial charge in [-0.2, -0.15) is 0 Å². The highest BCUT2D eigenvalue weighted by Crippen LogP contribution is 2.30. The minimum Gasteiger partial charge on any atom is -0.459 e. The van der Waals surface area contributed by atoms with Crippen molar-refractivity contribution >= 4 is 23.2 Å². The maximum absolute atomic E-state index is 12.0. The van der Waals surface area contributed by atoms with Crippen LogP contribution in [-0.2, 0) is 11.2 Å². The second-order valence-corrected chi connectivity index (χ2v) is 5.05. The smallest absolute Gasteiger partial charge is 0.291 e. The van der Waals surface area contributed by atoms with Gasteiger partial charge in [0.1, 0.15) is 0 Å². The molecule has 1 aromatic heterocycles. The van der Waals surface area contributed by atoms with Crippen molar-refractivity contribution in [3.05, 3.63) is 47.9 Å². The van der Waals surface area contributed by atoms with Crippen LogP contribution in [0.15, 0.2) is 41.0 Å². The topological polar surface area (TPSA) is 62.6 Å². The van der Waals surface area contributed by atoms with Gasteiger partial charge < -0.3 is 14.6 Å². The molecule has 0 saturated carbocycles. The summed E-state index contributed by atoms with van der Waals surface area (Å²) in [5.41, 5.74) is 2.67. The summed E-state index contributed by atoms with van der Waals surface area (Å²) in [7, 11) is 0. The molecule has 1 aromatic carbocycles. The van der Waals surface area contributed by atoms with Crippen LogP contribution in [0.3, 0.4) is 0 Å². The lowest BCUT2D eigenvalue weighted by Crippen LogP contribution is -2.33. The summed E-state index contributed by atoms with van der Waals surface area (Å²) in [6.07, 6.45) is 3.37. The molecule has 0 saturated heterocycles. The van der Waals surface area contributed by atoms with Crippen LogP contribution in [-0.4, -0.2) is 18.4 Å². The summed E-state index contributed by atoms with van der Waals surface area (Å²) in [5.74, 6) is -0.0215. The molecule has 1 aliphatic rings. The second-order valence-electron chi connectivity index (χ2n) is 5.05. The van der Waals surface area contributed by atoms with Gasteiger partial charge in [0.25, 0.3) is 5.91 Å². The molecule has 21 heavy (non-hydrogen) atoms. The van der Waals surface area contributed by atoms with E-state index in [1.165, 1.54) is 6.26 Å². The zero-order chi connectivity index (χ0) is 14.8. The van der Waals surface area contributed by atoms with Gasteiger partial charge in [-0.3, -0.25) is 9.59 Å². The average molecular weight is 284 g/mol. The Balaban J connectivity index is 1.86. The number of furan rings is 1. The molecule has 0 radical (unpaired) electrons. The van der Waals surface area contributed by atoms with Crippen molar-refractivity contribution in [1.82, 2.24) is 0 Å². The quantitative estimate of drug-likeness (QED) is 0.922. The molecule has 5 heteroatoms. The molecule has 0 aliphatic carbocycles. The van der Waals surface area contributed by atoms with E-state index < -0.39 is 0 Å². The molecule has 1 aliphatic heterocycles. The molecule has 0 spiro atoms. The number of aryl methyl sites for hydroxylation is 1. The van der Waals surface area contributed by atoms with Crippen LogP contribution in [0.5, 0.6) is 0 Å². The molecule has 2 aromatic rings. The van der Waals surface area contributed by atoms with Crippen molar-refractivity contribution in [3.8, 4) is 0 Å². The first-order valence-electron chi connectivity index (χ1n) is 6.91. The van der Waals surface area contributed by atoms with Crippen molar-refractivity contribution < 1.29 is 14.0 Å². The lowest BCUT2D eigenvalue weighted by molar-refractivity contribution is -0.116. The lowest BCUT2D eigenvalue weighted by atomic mass is 10.0. The van der Waals surface area contributed by atoms with E-state index in [2.05, 4.69) is 5.32 Å². The van der Waals surface area contributed by atoms with Crippen LogP contribution in [0, 0.1) is 0 Å². The molecule has 0 atom stereocenters. The number of hydrogen-bond acceptors (Lipinski definition) is 3. The number of hydrogen-bond donors (Lipinski definition) is 1. The maximum Gasteiger partial charge on any atom is 0.291 e. The molecule has 2 amide bonds.